The van der Waals surface area contributed by atoms with Gasteiger partial charge in [-0.15, -0.1) is 0 Å². The van der Waals surface area contributed by atoms with Gasteiger partial charge in [0.1, 0.15) is 0 Å². The third kappa shape index (κ3) is 4.46. The zero-order valence-corrected chi connectivity index (χ0v) is 14.7. The molecule has 1 saturated heterocycles. The number of unbranched alkanes of at least 4 members (excludes halogenated alkanes) is 1. The zero-order valence-electron chi connectivity index (χ0n) is 14.7. The average Bonchev–Trinajstić information content (AvgIpc) is 2.67. The van der Waals surface area contributed by atoms with Crippen molar-refractivity contribution in [3.63, 3.8) is 0 Å². The Balaban J connectivity index is 2.73. The van der Waals surface area contributed by atoms with Crippen LogP contribution in [-0.2, 0) is 0 Å². The Kier molecular flexibility index (Phi) is 7.00. The van der Waals surface area contributed by atoms with Crippen molar-refractivity contribution in [1.29, 1.82) is 0 Å². The normalized spacial score (nSPS) is 25.2. The first kappa shape index (κ1) is 18.0. The molecule has 1 heterocycles. The van der Waals surface area contributed by atoms with Crippen LogP contribution in [0, 0.1) is 11.3 Å². The summed E-state index contributed by atoms with van der Waals surface area (Å²) in [7, 11) is 0. The van der Waals surface area contributed by atoms with E-state index in [-0.39, 0.29) is 5.54 Å². The van der Waals surface area contributed by atoms with Crippen LogP contribution in [0.15, 0.2) is 0 Å². The summed E-state index contributed by atoms with van der Waals surface area (Å²) in [5, 5.41) is 0. The monoisotopic (exact) mass is 282 g/mol. The van der Waals surface area contributed by atoms with E-state index in [2.05, 4.69) is 39.5 Å². The summed E-state index contributed by atoms with van der Waals surface area (Å²) in [6.45, 7) is 15.1. The molecule has 0 radical (unpaired) electrons. The first-order chi connectivity index (χ1) is 9.39. The fourth-order valence-corrected chi connectivity index (χ4v) is 3.88. The van der Waals surface area contributed by atoms with Gasteiger partial charge >= 0.3 is 0 Å². The van der Waals surface area contributed by atoms with Crippen molar-refractivity contribution in [2.24, 2.45) is 17.1 Å². The Morgan fingerprint density at radius 3 is 2.30 bits per heavy atom. The minimum Gasteiger partial charge on any atom is -0.329 e. The molecule has 1 aliphatic rings. The van der Waals surface area contributed by atoms with Crippen molar-refractivity contribution < 1.29 is 0 Å². The fourth-order valence-electron chi connectivity index (χ4n) is 3.88. The smallest absolute Gasteiger partial charge is 0.0329 e. The van der Waals surface area contributed by atoms with Crippen LogP contribution in [0.2, 0.25) is 0 Å². The predicted molar refractivity (Wildman–Crippen MR) is 90.0 cm³/mol. The molecule has 120 valence electrons. The van der Waals surface area contributed by atoms with Gasteiger partial charge in [0.25, 0.3) is 0 Å². The molecular weight excluding hydrogens is 244 g/mol. The second-order valence-corrected chi connectivity index (χ2v) is 7.87. The second kappa shape index (κ2) is 7.79. The molecule has 0 bridgehead atoms. The van der Waals surface area contributed by atoms with E-state index in [0.29, 0.717) is 5.41 Å². The molecule has 2 atom stereocenters. The molecule has 2 heteroatoms. The summed E-state index contributed by atoms with van der Waals surface area (Å²) < 4.78 is 0. The van der Waals surface area contributed by atoms with Gasteiger partial charge in [0.2, 0.25) is 0 Å². The first-order valence-corrected chi connectivity index (χ1v) is 8.84. The van der Waals surface area contributed by atoms with Crippen molar-refractivity contribution in [2.75, 3.05) is 19.6 Å². The lowest BCUT2D eigenvalue weighted by molar-refractivity contribution is 0.0779. The highest BCUT2D eigenvalue weighted by molar-refractivity contribution is 4.92. The minimum atomic E-state index is 0.267. The second-order valence-electron chi connectivity index (χ2n) is 7.87. The number of rotatable bonds is 6. The molecule has 20 heavy (non-hydrogen) atoms. The number of likely N-dealkylation sites (tertiary alicyclic amines) is 1. The molecule has 0 saturated carbocycles. The molecule has 2 N–H and O–H groups in total. The Bertz CT molecular complexity index is 263. The van der Waals surface area contributed by atoms with Crippen LogP contribution >= 0.6 is 0 Å². The van der Waals surface area contributed by atoms with Gasteiger partial charge in [0.05, 0.1) is 0 Å². The maximum absolute atomic E-state index is 6.22. The third-order valence-corrected chi connectivity index (χ3v) is 5.66. The molecule has 1 aliphatic heterocycles. The van der Waals surface area contributed by atoms with Gasteiger partial charge in [-0.1, -0.05) is 47.5 Å². The van der Waals surface area contributed by atoms with E-state index in [0.717, 1.165) is 12.5 Å². The van der Waals surface area contributed by atoms with Gasteiger partial charge in [0.15, 0.2) is 0 Å². The van der Waals surface area contributed by atoms with Crippen LogP contribution in [0.4, 0.5) is 0 Å². The summed E-state index contributed by atoms with van der Waals surface area (Å²) in [5.41, 5.74) is 6.94. The Morgan fingerprint density at radius 2 is 1.80 bits per heavy atom. The summed E-state index contributed by atoms with van der Waals surface area (Å²) in [5.74, 6) is 0.867. The molecule has 0 amide bonds. The molecule has 2 nitrogen and oxygen atoms in total. The molecular formula is C18H38N2. The maximum atomic E-state index is 6.22. The quantitative estimate of drug-likeness (QED) is 0.780. The van der Waals surface area contributed by atoms with Gasteiger partial charge in [-0.3, -0.25) is 4.90 Å². The lowest BCUT2D eigenvalue weighted by Crippen LogP contribution is -2.54. The van der Waals surface area contributed by atoms with Crippen LogP contribution in [0.1, 0.15) is 79.6 Å². The van der Waals surface area contributed by atoms with E-state index < -0.39 is 0 Å². The number of hydrogen-bond acceptors (Lipinski definition) is 2. The third-order valence-electron chi connectivity index (χ3n) is 5.66. The number of hydrogen-bond donors (Lipinski definition) is 1. The van der Waals surface area contributed by atoms with Gasteiger partial charge in [-0.2, -0.15) is 0 Å². The van der Waals surface area contributed by atoms with Crippen molar-refractivity contribution in [3.8, 4) is 0 Å². The van der Waals surface area contributed by atoms with Crippen LogP contribution < -0.4 is 5.73 Å². The summed E-state index contributed by atoms with van der Waals surface area (Å²) in [6, 6.07) is 0. The molecule has 2 unspecified atom stereocenters. The summed E-state index contributed by atoms with van der Waals surface area (Å²) >= 11 is 0. The van der Waals surface area contributed by atoms with Crippen LogP contribution in [0.5, 0.6) is 0 Å². The van der Waals surface area contributed by atoms with Crippen LogP contribution in [0.25, 0.3) is 0 Å². The standard InChI is InChI=1S/C18H38N2/c1-6-8-12-18(7-2,15-19)20-13-9-10-16(11-14-20)17(3,4)5/h16H,6-15,19H2,1-5H3. The SMILES string of the molecule is CCCCC(CC)(CN)N1CCCC(C(C)(C)C)CC1. The van der Waals surface area contributed by atoms with E-state index in [4.69, 9.17) is 5.73 Å². The molecule has 0 aromatic heterocycles. The highest BCUT2D eigenvalue weighted by atomic mass is 15.2. The topological polar surface area (TPSA) is 29.3 Å². The minimum absolute atomic E-state index is 0.267. The molecule has 1 rings (SSSR count). The molecule has 0 aromatic carbocycles. The number of nitrogens with two attached hydrogens (primary N) is 1. The number of nitrogens with zero attached hydrogens (tertiary/aromatic N) is 1. The maximum Gasteiger partial charge on any atom is 0.0329 e. The Hall–Kier alpha value is -0.0800. The van der Waals surface area contributed by atoms with Crippen LogP contribution in [-0.4, -0.2) is 30.1 Å². The van der Waals surface area contributed by atoms with Gasteiger partial charge in [0, 0.05) is 12.1 Å². The lowest BCUT2D eigenvalue weighted by atomic mass is 9.76. The first-order valence-electron chi connectivity index (χ1n) is 8.84. The Labute approximate surface area is 127 Å². The molecule has 0 spiro atoms. The highest BCUT2D eigenvalue weighted by Gasteiger charge is 2.36. The zero-order chi connectivity index (χ0) is 15.2. The largest absolute Gasteiger partial charge is 0.329 e. The van der Waals surface area contributed by atoms with Crippen molar-refractivity contribution in [2.45, 2.75) is 85.1 Å². The molecule has 1 fully saturated rings. The van der Waals surface area contributed by atoms with E-state index in [9.17, 15) is 0 Å². The molecule has 0 aromatic rings. The van der Waals surface area contributed by atoms with Crippen molar-refractivity contribution in [1.82, 2.24) is 4.90 Å². The van der Waals surface area contributed by atoms with Gasteiger partial charge < -0.3 is 5.73 Å². The fraction of sp³-hybridized carbons (Fsp3) is 1.00. The summed E-state index contributed by atoms with van der Waals surface area (Å²) in [4.78, 5) is 2.74. The van der Waals surface area contributed by atoms with Gasteiger partial charge in [-0.25, -0.2) is 0 Å². The average molecular weight is 283 g/mol. The van der Waals surface area contributed by atoms with Gasteiger partial charge in [-0.05, 0) is 56.5 Å². The summed E-state index contributed by atoms with van der Waals surface area (Å²) in [6.07, 6.45) is 9.14. The van der Waals surface area contributed by atoms with E-state index in [1.165, 1.54) is 58.0 Å². The Morgan fingerprint density at radius 1 is 1.10 bits per heavy atom. The van der Waals surface area contributed by atoms with Crippen LogP contribution in [0.3, 0.4) is 0 Å². The van der Waals surface area contributed by atoms with E-state index in [1.54, 1.807) is 0 Å². The predicted octanol–water partition coefficient (Wildman–Crippen LogP) is 4.43. The van der Waals surface area contributed by atoms with Crippen molar-refractivity contribution in [3.05, 3.63) is 0 Å². The lowest BCUT2D eigenvalue weighted by Gasteiger charge is -2.43. The van der Waals surface area contributed by atoms with E-state index in [1.807, 2.05) is 0 Å². The van der Waals surface area contributed by atoms with E-state index >= 15 is 0 Å². The molecule has 0 aliphatic carbocycles. The highest BCUT2D eigenvalue weighted by Crippen LogP contribution is 2.37. The van der Waals surface area contributed by atoms with Crippen molar-refractivity contribution >= 4 is 0 Å².